The second kappa shape index (κ2) is 9.78. The molecule has 0 bridgehead atoms. The van der Waals surface area contributed by atoms with Crippen molar-refractivity contribution >= 4 is 0 Å². The van der Waals surface area contributed by atoms with Crippen LogP contribution in [0.5, 0.6) is 0 Å². The van der Waals surface area contributed by atoms with Gasteiger partial charge in [0.05, 0.1) is 6.61 Å². The summed E-state index contributed by atoms with van der Waals surface area (Å²) in [5.41, 5.74) is 6.37. The third-order valence-electron chi connectivity index (χ3n) is 3.25. The lowest BCUT2D eigenvalue weighted by Gasteiger charge is -2.25. The topological polar surface area (TPSA) is 47.7 Å². The Morgan fingerprint density at radius 2 is 1.86 bits per heavy atom. The smallest absolute Gasteiger partial charge is 0.130 e. The Hall–Kier alpha value is -1.08. The Morgan fingerprint density at radius 1 is 1.14 bits per heavy atom. The molecule has 0 aromatic heterocycles. The van der Waals surface area contributed by atoms with Crippen molar-refractivity contribution in [2.24, 2.45) is 5.73 Å². The Kier molecular flexibility index (Phi) is 8.37. The maximum Gasteiger partial charge on any atom is 0.130 e. The molecule has 0 saturated carbocycles. The number of hydrogen-bond acceptors (Lipinski definition) is 4. The average Bonchev–Trinajstić information content (AvgIpc) is 2.44. The summed E-state index contributed by atoms with van der Waals surface area (Å²) in [6, 6.07) is 2.98. The minimum Gasteiger partial charge on any atom is -0.385 e. The molecule has 0 fully saturated rings. The van der Waals surface area contributed by atoms with Crippen LogP contribution in [0.2, 0.25) is 0 Å². The second-order valence-electron chi connectivity index (χ2n) is 4.91. The van der Waals surface area contributed by atoms with Gasteiger partial charge in [-0.1, -0.05) is 6.07 Å². The van der Waals surface area contributed by atoms with E-state index in [1.807, 2.05) is 0 Å². The number of benzene rings is 1. The van der Waals surface area contributed by atoms with Crippen molar-refractivity contribution in [3.63, 3.8) is 0 Å². The lowest BCUT2D eigenvalue weighted by atomic mass is 10.1. The first-order chi connectivity index (χ1) is 10.1. The fourth-order valence-electron chi connectivity index (χ4n) is 2.13. The van der Waals surface area contributed by atoms with Crippen LogP contribution in [0.25, 0.3) is 0 Å². The molecule has 0 heterocycles. The number of nitrogens with zero attached hydrogens (tertiary/aromatic N) is 1. The standard InChI is InChI=1S/C15H24F2N2O2/c1-20-8-3-6-19(7-9-21-2)11-15(18)13-5-4-12(16)10-14(13)17/h4-5,10,15H,3,6-9,11,18H2,1-2H3. The van der Waals surface area contributed by atoms with Crippen LogP contribution >= 0.6 is 0 Å². The van der Waals surface area contributed by atoms with Crippen LogP contribution < -0.4 is 5.73 Å². The summed E-state index contributed by atoms with van der Waals surface area (Å²) < 4.78 is 36.7. The Bertz CT molecular complexity index is 419. The van der Waals surface area contributed by atoms with Crippen LogP contribution in [0, 0.1) is 11.6 Å². The zero-order valence-electron chi connectivity index (χ0n) is 12.6. The zero-order chi connectivity index (χ0) is 15.7. The van der Waals surface area contributed by atoms with Crippen LogP contribution in [-0.2, 0) is 9.47 Å². The predicted molar refractivity (Wildman–Crippen MR) is 78.1 cm³/mol. The molecule has 21 heavy (non-hydrogen) atoms. The summed E-state index contributed by atoms with van der Waals surface area (Å²) in [4.78, 5) is 2.09. The van der Waals surface area contributed by atoms with Crippen molar-refractivity contribution in [3.8, 4) is 0 Å². The summed E-state index contributed by atoms with van der Waals surface area (Å²) in [5, 5.41) is 0. The van der Waals surface area contributed by atoms with E-state index in [0.717, 1.165) is 19.0 Å². The SMILES string of the molecule is COCCCN(CCOC)CC(N)c1ccc(F)cc1F. The van der Waals surface area contributed by atoms with Crippen molar-refractivity contribution < 1.29 is 18.3 Å². The summed E-state index contributed by atoms with van der Waals surface area (Å²) in [7, 11) is 3.28. The van der Waals surface area contributed by atoms with Gasteiger partial charge in [0.15, 0.2) is 0 Å². The maximum atomic E-state index is 13.7. The molecular formula is C15H24F2N2O2. The molecule has 0 aliphatic heterocycles. The average molecular weight is 302 g/mol. The minimum absolute atomic E-state index is 0.325. The molecule has 0 saturated heterocycles. The number of nitrogens with two attached hydrogens (primary N) is 1. The molecule has 2 N–H and O–H groups in total. The number of halogens is 2. The molecule has 1 atom stereocenters. The summed E-state index contributed by atoms with van der Waals surface area (Å²) >= 11 is 0. The third kappa shape index (κ3) is 6.48. The second-order valence-corrected chi connectivity index (χ2v) is 4.91. The van der Waals surface area contributed by atoms with Crippen molar-refractivity contribution in [1.82, 2.24) is 4.90 Å². The molecule has 4 nitrogen and oxygen atoms in total. The van der Waals surface area contributed by atoms with Gasteiger partial charge in [0, 0.05) is 58.1 Å². The van der Waals surface area contributed by atoms with E-state index in [2.05, 4.69) is 4.90 Å². The summed E-state index contributed by atoms with van der Waals surface area (Å²) in [6.07, 6.45) is 0.860. The first-order valence-corrected chi connectivity index (χ1v) is 6.99. The van der Waals surface area contributed by atoms with Gasteiger partial charge in [-0.15, -0.1) is 0 Å². The van der Waals surface area contributed by atoms with Gasteiger partial charge in [0.2, 0.25) is 0 Å². The fraction of sp³-hybridized carbons (Fsp3) is 0.600. The van der Waals surface area contributed by atoms with Crippen molar-refractivity contribution in [1.29, 1.82) is 0 Å². The molecule has 1 unspecified atom stereocenters. The summed E-state index contributed by atoms with van der Waals surface area (Å²) in [5.74, 6) is -1.20. The zero-order valence-corrected chi connectivity index (χ0v) is 12.6. The van der Waals surface area contributed by atoms with E-state index < -0.39 is 17.7 Å². The van der Waals surface area contributed by atoms with Crippen LogP contribution in [0.15, 0.2) is 18.2 Å². The monoisotopic (exact) mass is 302 g/mol. The molecule has 0 aliphatic rings. The van der Waals surface area contributed by atoms with Gasteiger partial charge in [-0.25, -0.2) is 8.78 Å². The molecule has 0 aliphatic carbocycles. The van der Waals surface area contributed by atoms with Gasteiger partial charge < -0.3 is 15.2 Å². The van der Waals surface area contributed by atoms with Crippen molar-refractivity contribution in [3.05, 3.63) is 35.4 Å². The van der Waals surface area contributed by atoms with E-state index in [0.29, 0.717) is 31.9 Å². The van der Waals surface area contributed by atoms with Crippen LogP contribution in [-0.4, -0.2) is 52.0 Å². The quantitative estimate of drug-likeness (QED) is 0.671. The van der Waals surface area contributed by atoms with Crippen LogP contribution in [0.1, 0.15) is 18.0 Å². The van der Waals surface area contributed by atoms with Crippen molar-refractivity contribution in [2.75, 3.05) is 47.1 Å². The lowest BCUT2D eigenvalue weighted by Crippen LogP contribution is -2.36. The molecule has 0 radical (unpaired) electrons. The highest BCUT2D eigenvalue weighted by Gasteiger charge is 2.16. The summed E-state index contributed by atoms with van der Waals surface area (Å²) in [6.45, 7) is 3.20. The van der Waals surface area contributed by atoms with Gasteiger partial charge in [-0.05, 0) is 12.5 Å². The number of methoxy groups -OCH3 is 2. The molecule has 1 aromatic rings. The van der Waals surface area contributed by atoms with E-state index in [4.69, 9.17) is 15.2 Å². The third-order valence-corrected chi connectivity index (χ3v) is 3.25. The van der Waals surface area contributed by atoms with Gasteiger partial charge in [-0.2, -0.15) is 0 Å². The molecule has 1 aromatic carbocycles. The van der Waals surface area contributed by atoms with Crippen LogP contribution in [0.3, 0.4) is 0 Å². The van der Waals surface area contributed by atoms with E-state index in [-0.39, 0.29) is 0 Å². The highest BCUT2D eigenvalue weighted by atomic mass is 19.1. The number of hydrogen-bond donors (Lipinski definition) is 1. The highest BCUT2D eigenvalue weighted by molar-refractivity contribution is 5.22. The fourth-order valence-corrected chi connectivity index (χ4v) is 2.13. The maximum absolute atomic E-state index is 13.7. The molecule has 1 rings (SSSR count). The van der Waals surface area contributed by atoms with Gasteiger partial charge >= 0.3 is 0 Å². The Balaban J connectivity index is 2.62. The van der Waals surface area contributed by atoms with E-state index in [1.165, 1.54) is 12.1 Å². The van der Waals surface area contributed by atoms with Gasteiger partial charge in [-0.3, -0.25) is 4.90 Å². The molecule has 120 valence electrons. The van der Waals surface area contributed by atoms with E-state index >= 15 is 0 Å². The minimum atomic E-state index is -0.605. The molecular weight excluding hydrogens is 278 g/mol. The molecule has 0 amide bonds. The predicted octanol–water partition coefficient (Wildman–Crippen LogP) is 1.95. The first kappa shape index (κ1) is 18.0. The van der Waals surface area contributed by atoms with E-state index in [9.17, 15) is 8.78 Å². The Labute approximate surface area is 124 Å². The molecule has 6 heteroatoms. The highest BCUT2D eigenvalue weighted by Crippen LogP contribution is 2.17. The normalized spacial score (nSPS) is 12.9. The first-order valence-electron chi connectivity index (χ1n) is 6.99. The van der Waals surface area contributed by atoms with Gasteiger partial charge in [0.25, 0.3) is 0 Å². The van der Waals surface area contributed by atoms with Crippen LogP contribution in [0.4, 0.5) is 8.78 Å². The van der Waals surface area contributed by atoms with Crippen molar-refractivity contribution in [2.45, 2.75) is 12.5 Å². The number of ether oxygens (including phenoxy) is 2. The van der Waals surface area contributed by atoms with E-state index in [1.54, 1.807) is 14.2 Å². The molecule has 0 spiro atoms. The Morgan fingerprint density at radius 3 is 2.48 bits per heavy atom. The van der Waals surface area contributed by atoms with Gasteiger partial charge in [0.1, 0.15) is 11.6 Å². The lowest BCUT2D eigenvalue weighted by molar-refractivity contribution is 0.129. The number of rotatable bonds is 10. The largest absolute Gasteiger partial charge is 0.385 e.